The second-order valence-electron chi connectivity index (χ2n) is 5.14. The molecule has 0 bridgehead atoms. The fraction of sp³-hybridized carbons (Fsp3) is 0.429. The van der Waals surface area contributed by atoms with Crippen LogP contribution in [0.1, 0.15) is 35.8 Å². The van der Waals surface area contributed by atoms with Gasteiger partial charge in [0.05, 0.1) is 6.04 Å². The maximum absolute atomic E-state index is 6.07. The predicted molar refractivity (Wildman–Crippen MR) is 68.9 cm³/mol. The molecular formula is C14H17N3O. The highest BCUT2D eigenvalue weighted by Crippen LogP contribution is 2.38. The van der Waals surface area contributed by atoms with Gasteiger partial charge in [0, 0.05) is 5.56 Å². The summed E-state index contributed by atoms with van der Waals surface area (Å²) in [5, 5.41) is 4.01. The molecule has 1 aliphatic rings. The predicted octanol–water partition coefficient (Wildman–Crippen LogP) is 2.76. The van der Waals surface area contributed by atoms with Gasteiger partial charge in [-0.3, -0.25) is 0 Å². The minimum absolute atomic E-state index is 0.0763. The van der Waals surface area contributed by atoms with Crippen molar-refractivity contribution in [2.45, 2.75) is 32.7 Å². The molecule has 1 aromatic carbocycles. The van der Waals surface area contributed by atoms with Gasteiger partial charge in [0.2, 0.25) is 0 Å². The molecule has 18 heavy (non-hydrogen) atoms. The summed E-state index contributed by atoms with van der Waals surface area (Å²) in [5.41, 5.74) is 9.39. The van der Waals surface area contributed by atoms with E-state index in [1.807, 2.05) is 6.92 Å². The van der Waals surface area contributed by atoms with Crippen molar-refractivity contribution in [3.8, 4) is 11.5 Å². The van der Waals surface area contributed by atoms with Crippen LogP contribution in [0.4, 0.5) is 0 Å². The number of nitrogens with two attached hydrogens (primary N) is 1. The average molecular weight is 243 g/mol. The van der Waals surface area contributed by atoms with Crippen molar-refractivity contribution < 1.29 is 4.52 Å². The average Bonchev–Trinajstić information content (AvgIpc) is 3.09. The summed E-state index contributed by atoms with van der Waals surface area (Å²) in [6.45, 7) is 4.09. The van der Waals surface area contributed by atoms with Gasteiger partial charge in [-0.15, -0.1) is 0 Å². The Morgan fingerprint density at radius 1 is 1.33 bits per heavy atom. The molecule has 4 nitrogen and oxygen atoms in total. The second-order valence-corrected chi connectivity index (χ2v) is 5.14. The van der Waals surface area contributed by atoms with Gasteiger partial charge in [0.1, 0.15) is 0 Å². The molecule has 0 spiro atoms. The van der Waals surface area contributed by atoms with Gasteiger partial charge in [-0.2, -0.15) is 4.98 Å². The summed E-state index contributed by atoms with van der Waals surface area (Å²) >= 11 is 0. The Balaban J connectivity index is 1.94. The Hall–Kier alpha value is -1.68. The lowest BCUT2D eigenvalue weighted by molar-refractivity contribution is 0.411. The number of aromatic nitrogens is 2. The molecule has 1 heterocycles. The quantitative estimate of drug-likeness (QED) is 0.900. The van der Waals surface area contributed by atoms with Crippen molar-refractivity contribution in [3.05, 3.63) is 35.2 Å². The van der Waals surface area contributed by atoms with E-state index in [1.54, 1.807) is 0 Å². The summed E-state index contributed by atoms with van der Waals surface area (Å²) in [6.07, 6.45) is 2.35. The number of hydrogen-bond acceptors (Lipinski definition) is 4. The molecule has 3 rings (SSSR count). The van der Waals surface area contributed by atoms with Crippen LogP contribution in [0.15, 0.2) is 22.7 Å². The van der Waals surface area contributed by atoms with Gasteiger partial charge in [0.25, 0.3) is 5.89 Å². The van der Waals surface area contributed by atoms with Crippen molar-refractivity contribution in [1.82, 2.24) is 10.1 Å². The van der Waals surface area contributed by atoms with Gasteiger partial charge < -0.3 is 10.3 Å². The van der Waals surface area contributed by atoms with Gasteiger partial charge in [-0.05, 0) is 44.2 Å². The van der Waals surface area contributed by atoms with E-state index in [0.29, 0.717) is 17.6 Å². The molecule has 0 saturated heterocycles. The zero-order valence-corrected chi connectivity index (χ0v) is 10.7. The highest BCUT2D eigenvalue weighted by atomic mass is 16.5. The molecule has 1 saturated carbocycles. The summed E-state index contributed by atoms with van der Waals surface area (Å²) in [6, 6.07) is 6.13. The van der Waals surface area contributed by atoms with Crippen molar-refractivity contribution in [1.29, 1.82) is 0 Å². The molecule has 0 amide bonds. The Bertz CT molecular complexity index is 572. The van der Waals surface area contributed by atoms with Crippen molar-refractivity contribution in [2.24, 2.45) is 11.7 Å². The highest BCUT2D eigenvalue weighted by Gasteiger charge is 2.32. The molecule has 1 aromatic heterocycles. The Morgan fingerprint density at radius 3 is 2.83 bits per heavy atom. The minimum atomic E-state index is -0.0763. The lowest BCUT2D eigenvalue weighted by atomic mass is 10.1. The maximum Gasteiger partial charge on any atom is 0.258 e. The van der Waals surface area contributed by atoms with Crippen molar-refractivity contribution in [3.63, 3.8) is 0 Å². The molecule has 1 atom stereocenters. The fourth-order valence-electron chi connectivity index (χ4n) is 2.11. The zero-order chi connectivity index (χ0) is 12.7. The number of aryl methyl sites for hydroxylation is 2. The number of benzene rings is 1. The Kier molecular flexibility index (Phi) is 2.67. The largest absolute Gasteiger partial charge is 0.334 e. The van der Waals surface area contributed by atoms with E-state index < -0.39 is 0 Å². The van der Waals surface area contributed by atoms with E-state index in [9.17, 15) is 0 Å². The summed E-state index contributed by atoms with van der Waals surface area (Å²) in [5.74, 6) is 1.74. The SMILES string of the molecule is Cc1ccc(C)c(-c2nc(C(N)C3CC3)no2)c1. The third-order valence-corrected chi connectivity index (χ3v) is 3.49. The van der Waals surface area contributed by atoms with E-state index in [1.165, 1.54) is 18.4 Å². The summed E-state index contributed by atoms with van der Waals surface area (Å²) < 4.78 is 5.34. The number of rotatable bonds is 3. The van der Waals surface area contributed by atoms with Crippen LogP contribution in [-0.2, 0) is 0 Å². The Labute approximate surface area is 106 Å². The van der Waals surface area contributed by atoms with Crippen molar-refractivity contribution >= 4 is 0 Å². The molecule has 1 aliphatic carbocycles. The molecule has 0 radical (unpaired) electrons. The molecule has 1 unspecified atom stereocenters. The van der Waals surface area contributed by atoms with E-state index >= 15 is 0 Å². The summed E-state index contributed by atoms with van der Waals surface area (Å²) in [7, 11) is 0. The first-order valence-electron chi connectivity index (χ1n) is 6.32. The van der Waals surface area contributed by atoms with Crippen LogP contribution in [0.25, 0.3) is 11.5 Å². The van der Waals surface area contributed by atoms with Crippen LogP contribution in [-0.4, -0.2) is 10.1 Å². The highest BCUT2D eigenvalue weighted by molar-refractivity contribution is 5.59. The van der Waals surface area contributed by atoms with Crippen LogP contribution in [0.2, 0.25) is 0 Å². The number of hydrogen-bond donors (Lipinski definition) is 1. The minimum Gasteiger partial charge on any atom is -0.334 e. The van der Waals surface area contributed by atoms with Gasteiger partial charge in [-0.25, -0.2) is 0 Å². The molecule has 0 aliphatic heterocycles. The molecular weight excluding hydrogens is 226 g/mol. The van der Waals surface area contributed by atoms with Gasteiger partial charge in [0.15, 0.2) is 5.82 Å². The van der Waals surface area contributed by atoms with Crippen LogP contribution in [0.5, 0.6) is 0 Å². The Morgan fingerprint density at radius 2 is 2.11 bits per heavy atom. The van der Waals surface area contributed by atoms with Crippen LogP contribution in [0, 0.1) is 19.8 Å². The standard InChI is InChI=1S/C14H17N3O/c1-8-3-4-9(2)11(7-8)14-16-13(17-18-14)12(15)10-5-6-10/h3-4,7,10,12H,5-6,15H2,1-2H3. The van der Waals surface area contributed by atoms with E-state index in [2.05, 4.69) is 35.3 Å². The molecule has 1 fully saturated rings. The third-order valence-electron chi connectivity index (χ3n) is 3.49. The number of nitrogens with zero attached hydrogens (tertiary/aromatic N) is 2. The topological polar surface area (TPSA) is 64.9 Å². The first-order chi connectivity index (χ1) is 8.65. The van der Waals surface area contributed by atoms with Crippen LogP contribution in [0.3, 0.4) is 0 Å². The summed E-state index contributed by atoms with van der Waals surface area (Å²) in [4.78, 5) is 4.44. The van der Waals surface area contributed by atoms with Gasteiger partial charge in [-0.1, -0.05) is 22.9 Å². The molecule has 2 aromatic rings. The monoisotopic (exact) mass is 243 g/mol. The third kappa shape index (κ3) is 2.04. The normalized spacial score (nSPS) is 16.8. The lowest BCUT2D eigenvalue weighted by Gasteiger charge is -2.03. The zero-order valence-electron chi connectivity index (χ0n) is 10.7. The lowest BCUT2D eigenvalue weighted by Crippen LogP contribution is -2.13. The smallest absolute Gasteiger partial charge is 0.258 e. The first kappa shape index (κ1) is 11.4. The first-order valence-corrected chi connectivity index (χ1v) is 6.32. The van der Waals surface area contributed by atoms with Crippen LogP contribution >= 0.6 is 0 Å². The van der Waals surface area contributed by atoms with Crippen molar-refractivity contribution in [2.75, 3.05) is 0 Å². The maximum atomic E-state index is 6.07. The van der Waals surface area contributed by atoms with E-state index in [0.717, 1.165) is 11.1 Å². The van der Waals surface area contributed by atoms with Gasteiger partial charge >= 0.3 is 0 Å². The fourth-order valence-corrected chi connectivity index (χ4v) is 2.11. The second kappa shape index (κ2) is 4.21. The molecule has 4 heteroatoms. The van der Waals surface area contributed by atoms with Crippen LogP contribution < -0.4 is 5.73 Å². The van der Waals surface area contributed by atoms with E-state index in [4.69, 9.17) is 10.3 Å². The molecule has 94 valence electrons. The molecule has 2 N–H and O–H groups in total. The van der Waals surface area contributed by atoms with E-state index in [-0.39, 0.29) is 6.04 Å².